The first-order valence-electron chi connectivity index (χ1n) is 8.57. The molecule has 23 heavy (non-hydrogen) atoms. The van der Waals surface area contributed by atoms with Gasteiger partial charge in [-0.05, 0) is 38.2 Å². The average molecular weight is 320 g/mol. The number of aliphatic hydroxyl groups excluding tert-OH is 1. The number of para-hydroxylation sites is 1. The first-order chi connectivity index (χ1) is 11.2. The van der Waals surface area contributed by atoms with Crippen LogP contribution in [0.4, 0.5) is 4.79 Å². The minimum atomic E-state index is -0.0548. The van der Waals surface area contributed by atoms with Crippen LogP contribution in [0.2, 0.25) is 0 Å². The molecule has 0 saturated carbocycles. The molecule has 1 aliphatic heterocycles. The van der Waals surface area contributed by atoms with Crippen LogP contribution in [-0.4, -0.2) is 42.3 Å². The molecule has 1 atom stereocenters. The summed E-state index contributed by atoms with van der Waals surface area (Å²) in [4.78, 5) is 14.4. The second-order valence-electron chi connectivity index (χ2n) is 5.99. The summed E-state index contributed by atoms with van der Waals surface area (Å²) in [6.45, 7) is 6.26. The normalized spacial score (nSPS) is 16.9. The highest BCUT2D eigenvalue weighted by molar-refractivity contribution is 5.75. The molecule has 0 bridgehead atoms. The molecule has 2 amide bonds. The van der Waals surface area contributed by atoms with Gasteiger partial charge >= 0.3 is 6.03 Å². The van der Waals surface area contributed by atoms with E-state index < -0.39 is 0 Å². The van der Waals surface area contributed by atoms with E-state index in [0.29, 0.717) is 25.6 Å². The molecule has 1 fully saturated rings. The van der Waals surface area contributed by atoms with Crippen molar-refractivity contribution in [2.24, 2.45) is 5.92 Å². The Morgan fingerprint density at radius 3 is 2.65 bits per heavy atom. The standard InChI is InChI=1S/C18H28N2O3/c1-3-16(15-7-5-6-8-17(15)23-4-2)19-18(22)20-11-9-14(13-21)10-12-20/h5-8,14,16,21H,3-4,9-13H2,1-2H3,(H,19,22). The first-order valence-corrected chi connectivity index (χ1v) is 8.57. The molecule has 1 aliphatic rings. The predicted molar refractivity (Wildman–Crippen MR) is 90.6 cm³/mol. The number of carbonyl (C=O) groups excluding carboxylic acids is 1. The minimum Gasteiger partial charge on any atom is -0.494 e. The molecule has 5 nitrogen and oxygen atoms in total. The van der Waals surface area contributed by atoms with Gasteiger partial charge in [-0.1, -0.05) is 25.1 Å². The summed E-state index contributed by atoms with van der Waals surface area (Å²) in [6.07, 6.45) is 2.55. The zero-order valence-corrected chi connectivity index (χ0v) is 14.1. The summed E-state index contributed by atoms with van der Waals surface area (Å²) in [6, 6.07) is 7.79. The van der Waals surface area contributed by atoms with Crippen molar-refractivity contribution in [2.45, 2.75) is 39.2 Å². The van der Waals surface area contributed by atoms with Crippen molar-refractivity contribution in [3.8, 4) is 5.75 Å². The van der Waals surface area contributed by atoms with Crippen LogP contribution in [0, 0.1) is 5.92 Å². The van der Waals surface area contributed by atoms with Gasteiger partial charge < -0.3 is 20.1 Å². The van der Waals surface area contributed by atoms with Crippen LogP contribution in [0.15, 0.2) is 24.3 Å². The average Bonchev–Trinajstić information content (AvgIpc) is 2.60. The van der Waals surface area contributed by atoms with Gasteiger partial charge in [0.05, 0.1) is 12.6 Å². The number of rotatable bonds is 6. The third-order valence-electron chi connectivity index (χ3n) is 4.46. The zero-order valence-electron chi connectivity index (χ0n) is 14.1. The fraction of sp³-hybridized carbons (Fsp3) is 0.611. The number of ether oxygens (including phenoxy) is 1. The van der Waals surface area contributed by atoms with Crippen LogP contribution < -0.4 is 10.1 Å². The Balaban J connectivity index is 2.01. The van der Waals surface area contributed by atoms with Crippen LogP contribution in [0.3, 0.4) is 0 Å². The van der Waals surface area contributed by atoms with Crippen LogP contribution >= 0.6 is 0 Å². The van der Waals surface area contributed by atoms with E-state index >= 15 is 0 Å². The van der Waals surface area contributed by atoms with Crippen molar-refractivity contribution < 1.29 is 14.6 Å². The first kappa shape index (κ1) is 17.6. The van der Waals surface area contributed by atoms with Crippen molar-refractivity contribution in [1.29, 1.82) is 0 Å². The van der Waals surface area contributed by atoms with E-state index in [9.17, 15) is 9.90 Å². The van der Waals surface area contributed by atoms with E-state index in [1.54, 1.807) is 0 Å². The molecular formula is C18H28N2O3. The highest BCUT2D eigenvalue weighted by atomic mass is 16.5. The second kappa shape index (κ2) is 8.77. The van der Waals surface area contributed by atoms with Gasteiger partial charge in [0.1, 0.15) is 5.75 Å². The Hall–Kier alpha value is -1.75. The minimum absolute atomic E-state index is 0.0282. The fourth-order valence-electron chi connectivity index (χ4n) is 3.01. The number of carbonyl (C=O) groups is 1. The van der Waals surface area contributed by atoms with Gasteiger partial charge in [0.25, 0.3) is 0 Å². The van der Waals surface area contributed by atoms with Gasteiger partial charge in [0.2, 0.25) is 0 Å². The van der Waals surface area contributed by atoms with E-state index in [4.69, 9.17) is 4.74 Å². The van der Waals surface area contributed by atoms with Crippen LogP contribution in [0.1, 0.15) is 44.7 Å². The van der Waals surface area contributed by atoms with Crippen LogP contribution in [0.5, 0.6) is 5.75 Å². The maximum atomic E-state index is 12.5. The van der Waals surface area contributed by atoms with Crippen molar-refractivity contribution in [3.63, 3.8) is 0 Å². The third kappa shape index (κ3) is 4.61. The SMILES string of the molecule is CCOc1ccccc1C(CC)NC(=O)N1CCC(CO)CC1. The number of amides is 2. The lowest BCUT2D eigenvalue weighted by atomic mass is 9.98. The molecule has 1 aromatic rings. The molecule has 128 valence electrons. The number of nitrogens with one attached hydrogen (secondary N) is 1. The topological polar surface area (TPSA) is 61.8 Å². The molecule has 1 saturated heterocycles. The molecule has 0 spiro atoms. The monoisotopic (exact) mass is 320 g/mol. The molecule has 1 aromatic carbocycles. The molecular weight excluding hydrogens is 292 g/mol. The van der Waals surface area contributed by atoms with Crippen molar-refractivity contribution >= 4 is 6.03 Å². The number of urea groups is 1. The predicted octanol–water partition coefficient (Wildman–Crippen LogP) is 2.95. The Labute approximate surface area is 138 Å². The molecule has 1 heterocycles. The molecule has 1 unspecified atom stereocenters. The highest BCUT2D eigenvalue weighted by Crippen LogP contribution is 2.27. The van der Waals surface area contributed by atoms with Gasteiger partial charge in [-0.15, -0.1) is 0 Å². The maximum absolute atomic E-state index is 12.5. The number of piperidine rings is 1. The fourth-order valence-corrected chi connectivity index (χ4v) is 3.01. The molecule has 0 radical (unpaired) electrons. The number of aliphatic hydroxyl groups is 1. The van der Waals surface area contributed by atoms with E-state index in [1.807, 2.05) is 36.1 Å². The van der Waals surface area contributed by atoms with E-state index in [2.05, 4.69) is 12.2 Å². The van der Waals surface area contributed by atoms with Crippen LogP contribution in [-0.2, 0) is 0 Å². The van der Waals surface area contributed by atoms with Gasteiger partial charge in [-0.2, -0.15) is 0 Å². The zero-order chi connectivity index (χ0) is 16.7. The number of nitrogens with zero attached hydrogens (tertiary/aromatic N) is 1. The third-order valence-corrected chi connectivity index (χ3v) is 4.46. The smallest absolute Gasteiger partial charge is 0.317 e. The van der Waals surface area contributed by atoms with Gasteiger partial charge in [-0.3, -0.25) is 0 Å². The largest absolute Gasteiger partial charge is 0.494 e. The highest BCUT2D eigenvalue weighted by Gasteiger charge is 2.24. The van der Waals surface area contributed by atoms with Gasteiger partial charge in [0.15, 0.2) is 0 Å². The number of benzene rings is 1. The summed E-state index contributed by atoms with van der Waals surface area (Å²) in [7, 11) is 0. The molecule has 0 aromatic heterocycles. The van der Waals surface area contributed by atoms with Gasteiger partial charge in [-0.25, -0.2) is 4.79 Å². The van der Waals surface area contributed by atoms with Crippen molar-refractivity contribution in [1.82, 2.24) is 10.2 Å². The van der Waals surface area contributed by atoms with E-state index in [1.165, 1.54) is 0 Å². The Morgan fingerprint density at radius 1 is 1.35 bits per heavy atom. The molecule has 0 aliphatic carbocycles. The number of hydrogen-bond acceptors (Lipinski definition) is 3. The molecule has 2 N–H and O–H groups in total. The summed E-state index contributed by atoms with van der Waals surface area (Å²) >= 11 is 0. The summed E-state index contributed by atoms with van der Waals surface area (Å²) in [5, 5.41) is 12.3. The van der Waals surface area contributed by atoms with E-state index in [-0.39, 0.29) is 18.7 Å². The Morgan fingerprint density at radius 2 is 2.04 bits per heavy atom. The van der Waals surface area contributed by atoms with Gasteiger partial charge in [0, 0.05) is 25.3 Å². The summed E-state index contributed by atoms with van der Waals surface area (Å²) in [5.74, 6) is 1.17. The number of likely N-dealkylation sites (tertiary alicyclic amines) is 1. The lowest BCUT2D eigenvalue weighted by Gasteiger charge is -2.32. The molecule has 2 rings (SSSR count). The van der Waals surface area contributed by atoms with Crippen molar-refractivity contribution in [3.05, 3.63) is 29.8 Å². The lowest BCUT2D eigenvalue weighted by molar-refractivity contribution is 0.135. The quantitative estimate of drug-likeness (QED) is 0.847. The lowest BCUT2D eigenvalue weighted by Crippen LogP contribution is -2.45. The summed E-state index contributed by atoms with van der Waals surface area (Å²) < 4.78 is 5.68. The number of hydrogen-bond donors (Lipinski definition) is 2. The second-order valence-corrected chi connectivity index (χ2v) is 5.99. The Bertz CT molecular complexity index is 499. The summed E-state index contributed by atoms with van der Waals surface area (Å²) in [5.41, 5.74) is 1.02. The van der Waals surface area contributed by atoms with E-state index in [0.717, 1.165) is 30.6 Å². The Kier molecular flexibility index (Phi) is 6.71. The maximum Gasteiger partial charge on any atom is 0.317 e. The van der Waals surface area contributed by atoms with Crippen LogP contribution in [0.25, 0.3) is 0 Å². The van der Waals surface area contributed by atoms with Crippen molar-refractivity contribution in [2.75, 3.05) is 26.3 Å². The molecule has 5 heteroatoms.